The number of carbonyl (C=O) groups excluding carboxylic acids is 1. The van der Waals surface area contributed by atoms with Crippen molar-refractivity contribution in [3.63, 3.8) is 0 Å². The molecule has 0 fully saturated rings. The van der Waals surface area contributed by atoms with E-state index in [1.54, 1.807) is 0 Å². The molecule has 0 aliphatic heterocycles. The van der Waals surface area contributed by atoms with Gasteiger partial charge in [-0.15, -0.1) is 0 Å². The van der Waals surface area contributed by atoms with E-state index < -0.39 is 28.7 Å². The second-order valence-corrected chi connectivity index (χ2v) is 8.86. The highest BCUT2D eigenvalue weighted by atomic mass is 31.2. The van der Waals surface area contributed by atoms with Crippen LogP contribution in [0.25, 0.3) is 0 Å². The molecule has 1 atom stereocenters. The number of rotatable bonds is 10. The van der Waals surface area contributed by atoms with Crippen LogP contribution in [0.5, 0.6) is 0 Å². The van der Waals surface area contributed by atoms with Crippen LogP contribution in [-0.2, 0) is 27.6 Å². The molecule has 112 valence electrons. The summed E-state index contributed by atoms with van der Waals surface area (Å²) in [5.41, 5.74) is 0. The third-order valence-corrected chi connectivity index (χ3v) is 5.05. The monoisotopic (exact) mass is 312 g/mol. The van der Waals surface area contributed by atoms with Crippen LogP contribution in [0, 0.1) is 0 Å². The molecule has 0 aromatic heterocycles. The SMILES string of the molecule is COP(=O)(CC(=O)CCC(O[SiH](C)C)C(=O)O)OC. The molecule has 0 radical (unpaired) electrons. The van der Waals surface area contributed by atoms with Gasteiger partial charge in [-0.3, -0.25) is 9.36 Å². The van der Waals surface area contributed by atoms with E-state index in [9.17, 15) is 14.2 Å². The van der Waals surface area contributed by atoms with Crippen molar-refractivity contribution < 1.29 is 32.7 Å². The Bertz CT molecular complexity index is 350. The van der Waals surface area contributed by atoms with E-state index in [4.69, 9.17) is 9.53 Å². The Balaban J connectivity index is 4.33. The molecule has 0 rings (SSSR count). The van der Waals surface area contributed by atoms with Crippen LogP contribution in [0.4, 0.5) is 0 Å². The van der Waals surface area contributed by atoms with Crippen LogP contribution in [0.3, 0.4) is 0 Å². The van der Waals surface area contributed by atoms with Gasteiger partial charge >= 0.3 is 13.6 Å². The van der Waals surface area contributed by atoms with Crippen molar-refractivity contribution in [3.8, 4) is 0 Å². The van der Waals surface area contributed by atoms with Gasteiger partial charge in [0.05, 0.1) is 0 Å². The first-order valence-electron chi connectivity index (χ1n) is 5.84. The van der Waals surface area contributed by atoms with Crippen molar-refractivity contribution >= 4 is 28.4 Å². The van der Waals surface area contributed by atoms with Crippen LogP contribution < -0.4 is 0 Å². The molecule has 0 aromatic carbocycles. The van der Waals surface area contributed by atoms with E-state index in [0.29, 0.717) is 0 Å². The number of carbonyl (C=O) groups is 2. The molecule has 1 N–H and O–H groups in total. The lowest BCUT2D eigenvalue weighted by molar-refractivity contribution is -0.145. The van der Waals surface area contributed by atoms with Crippen LogP contribution in [-0.4, -0.2) is 52.4 Å². The molecule has 1 unspecified atom stereocenters. The van der Waals surface area contributed by atoms with E-state index >= 15 is 0 Å². The number of aliphatic carboxylic acids is 1. The summed E-state index contributed by atoms with van der Waals surface area (Å²) in [7, 11) is -2.48. The van der Waals surface area contributed by atoms with Crippen LogP contribution >= 0.6 is 7.60 Å². The molecule has 19 heavy (non-hydrogen) atoms. The minimum Gasteiger partial charge on any atom is -0.479 e. The highest BCUT2D eigenvalue weighted by molar-refractivity contribution is 7.54. The molecule has 0 heterocycles. The summed E-state index contributed by atoms with van der Waals surface area (Å²) in [6, 6.07) is 0. The largest absolute Gasteiger partial charge is 0.479 e. The average molecular weight is 312 g/mol. The molecule has 0 aliphatic rings. The zero-order valence-corrected chi connectivity index (χ0v) is 13.7. The molecule has 0 aliphatic carbocycles. The van der Waals surface area contributed by atoms with Gasteiger partial charge in [-0.2, -0.15) is 0 Å². The summed E-state index contributed by atoms with van der Waals surface area (Å²) < 4.78 is 26.3. The first kappa shape index (κ1) is 18.5. The number of ketones is 1. The zero-order chi connectivity index (χ0) is 15.1. The number of hydrogen-bond donors (Lipinski definition) is 1. The van der Waals surface area contributed by atoms with Gasteiger partial charge in [-0.1, -0.05) is 0 Å². The molecule has 0 bridgehead atoms. The van der Waals surface area contributed by atoms with Gasteiger partial charge in [0.1, 0.15) is 18.0 Å². The number of Topliss-reactive ketones (excluding diaryl/α,β-unsaturated/α-hetero) is 1. The van der Waals surface area contributed by atoms with Crippen molar-refractivity contribution in [2.75, 3.05) is 20.4 Å². The molecule has 9 heteroatoms. The summed E-state index contributed by atoms with van der Waals surface area (Å²) in [4.78, 5) is 22.5. The Hall–Kier alpha value is -0.533. The fourth-order valence-corrected chi connectivity index (χ4v) is 3.28. The van der Waals surface area contributed by atoms with Crippen molar-refractivity contribution in [2.45, 2.75) is 32.0 Å². The molecule has 0 spiro atoms. The summed E-state index contributed by atoms with van der Waals surface area (Å²) in [6.07, 6.45) is -1.31. The lowest BCUT2D eigenvalue weighted by Crippen LogP contribution is -2.29. The van der Waals surface area contributed by atoms with E-state index in [-0.39, 0.29) is 24.8 Å². The lowest BCUT2D eigenvalue weighted by atomic mass is 10.1. The highest BCUT2D eigenvalue weighted by Crippen LogP contribution is 2.46. The van der Waals surface area contributed by atoms with E-state index in [1.165, 1.54) is 14.2 Å². The predicted octanol–water partition coefficient (Wildman–Crippen LogP) is 1.27. The quantitative estimate of drug-likeness (QED) is 0.479. The first-order chi connectivity index (χ1) is 8.74. The van der Waals surface area contributed by atoms with Crippen LogP contribution in [0.2, 0.25) is 13.1 Å². The normalized spacial score (nSPS) is 13.5. The van der Waals surface area contributed by atoms with Crippen LogP contribution in [0.1, 0.15) is 12.8 Å². The minimum absolute atomic E-state index is 0.0329. The van der Waals surface area contributed by atoms with Gasteiger partial charge < -0.3 is 18.6 Å². The Labute approximate surface area is 114 Å². The van der Waals surface area contributed by atoms with Gasteiger partial charge in [0.25, 0.3) is 0 Å². The van der Waals surface area contributed by atoms with Crippen molar-refractivity contribution in [1.29, 1.82) is 0 Å². The number of carboxylic acids is 1. The van der Waals surface area contributed by atoms with E-state index in [2.05, 4.69) is 9.05 Å². The van der Waals surface area contributed by atoms with Crippen molar-refractivity contribution in [1.82, 2.24) is 0 Å². The van der Waals surface area contributed by atoms with Gasteiger partial charge in [0, 0.05) is 20.6 Å². The fraction of sp³-hybridized carbons (Fsp3) is 0.800. The summed E-state index contributed by atoms with van der Waals surface area (Å²) in [5, 5.41) is 8.94. The first-order valence-corrected chi connectivity index (χ1v) is 10.4. The minimum atomic E-state index is -3.38. The highest BCUT2D eigenvalue weighted by Gasteiger charge is 2.27. The Morgan fingerprint density at radius 2 is 1.79 bits per heavy atom. The zero-order valence-electron chi connectivity index (χ0n) is 11.6. The Kier molecular flexibility index (Phi) is 8.36. The van der Waals surface area contributed by atoms with E-state index in [0.717, 1.165) is 0 Å². The predicted molar refractivity (Wildman–Crippen MR) is 72.1 cm³/mol. The summed E-state index contributed by atoms with van der Waals surface area (Å²) >= 11 is 0. The maximum absolute atomic E-state index is 11.7. The fourth-order valence-electron chi connectivity index (χ4n) is 1.37. The third-order valence-electron chi connectivity index (χ3n) is 2.32. The third kappa shape index (κ3) is 7.59. The average Bonchev–Trinajstić information content (AvgIpc) is 2.33. The molecule has 0 saturated heterocycles. The maximum atomic E-state index is 11.7. The molecule has 0 aromatic rings. The van der Waals surface area contributed by atoms with Gasteiger partial charge in [0.2, 0.25) is 0 Å². The van der Waals surface area contributed by atoms with Gasteiger partial charge in [0.15, 0.2) is 9.04 Å². The molecule has 0 saturated carbocycles. The van der Waals surface area contributed by atoms with Crippen LogP contribution in [0.15, 0.2) is 0 Å². The molecule has 7 nitrogen and oxygen atoms in total. The molecular formula is C10H21O7PSi. The standard InChI is InChI=1S/C10H21O7PSi/c1-15-18(14,16-2)7-8(11)5-6-9(10(12)13)17-19(3)4/h9,19H,5-7H2,1-4H3,(H,12,13). The smallest absolute Gasteiger partial charge is 0.337 e. The van der Waals surface area contributed by atoms with Crippen molar-refractivity contribution in [2.24, 2.45) is 0 Å². The van der Waals surface area contributed by atoms with Gasteiger partial charge in [-0.05, 0) is 19.5 Å². The van der Waals surface area contributed by atoms with Crippen molar-refractivity contribution in [3.05, 3.63) is 0 Å². The van der Waals surface area contributed by atoms with Gasteiger partial charge in [-0.25, -0.2) is 4.79 Å². The Morgan fingerprint density at radius 3 is 2.16 bits per heavy atom. The topological polar surface area (TPSA) is 99.1 Å². The Morgan fingerprint density at radius 1 is 1.26 bits per heavy atom. The summed E-state index contributed by atoms with van der Waals surface area (Å²) in [6.45, 7) is 3.70. The lowest BCUT2D eigenvalue weighted by Gasteiger charge is -2.16. The molecule has 0 amide bonds. The maximum Gasteiger partial charge on any atom is 0.337 e. The molecular weight excluding hydrogens is 291 g/mol. The second-order valence-electron chi connectivity index (χ2n) is 4.22. The number of carboxylic acid groups (broad SMARTS) is 1. The van der Waals surface area contributed by atoms with E-state index in [1.807, 2.05) is 13.1 Å². The summed E-state index contributed by atoms with van der Waals surface area (Å²) in [5.74, 6) is -1.46. The second kappa shape index (κ2) is 8.60. The number of hydrogen-bond acceptors (Lipinski definition) is 6.